The van der Waals surface area contributed by atoms with E-state index in [-0.39, 0.29) is 18.2 Å². The van der Waals surface area contributed by atoms with Gasteiger partial charge in [0.15, 0.2) is 6.29 Å². The Morgan fingerprint density at radius 3 is 2.86 bits per heavy atom. The number of hydrogen-bond donors (Lipinski definition) is 1. The average molecular weight is 388 g/mol. The summed E-state index contributed by atoms with van der Waals surface area (Å²) in [4.78, 5) is 14.5. The van der Waals surface area contributed by atoms with E-state index < -0.39 is 17.7 Å². The zero-order valence-corrected chi connectivity index (χ0v) is 16.8. The fourth-order valence-electron chi connectivity index (χ4n) is 3.98. The zero-order valence-electron chi connectivity index (χ0n) is 16.8. The smallest absolute Gasteiger partial charge is 0.223 e. The third-order valence-electron chi connectivity index (χ3n) is 5.44. The predicted molar refractivity (Wildman–Crippen MR) is 102 cm³/mol. The summed E-state index contributed by atoms with van der Waals surface area (Å²) >= 11 is 0. The molecular formula is C21H28N2O5. The third-order valence-corrected chi connectivity index (χ3v) is 5.44. The van der Waals surface area contributed by atoms with Crippen LogP contribution in [0, 0.1) is 11.3 Å². The van der Waals surface area contributed by atoms with Crippen LogP contribution in [-0.4, -0.2) is 53.2 Å². The fraction of sp³-hybridized carbons (Fsp3) is 0.619. The SMILES string of the molecule is CCOC(C)OC[C@@H]1CCC(=O)N1[C@@H]1c2cc(C#N)ccc2OC(C)(C)[C@H]1O. The average Bonchev–Trinajstić information content (AvgIpc) is 3.01. The monoisotopic (exact) mass is 388 g/mol. The first kappa shape index (κ1) is 20.6. The molecule has 1 unspecified atom stereocenters. The van der Waals surface area contributed by atoms with Gasteiger partial charge in [0, 0.05) is 18.6 Å². The number of hydrogen-bond acceptors (Lipinski definition) is 6. The molecule has 0 aromatic heterocycles. The van der Waals surface area contributed by atoms with Crippen LogP contribution in [0.3, 0.4) is 0 Å². The summed E-state index contributed by atoms with van der Waals surface area (Å²) in [5.74, 6) is 0.550. The lowest BCUT2D eigenvalue weighted by atomic mass is 9.84. The van der Waals surface area contributed by atoms with Gasteiger partial charge < -0.3 is 24.2 Å². The van der Waals surface area contributed by atoms with E-state index in [0.717, 1.165) is 0 Å². The maximum atomic E-state index is 12.8. The van der Waals surface area contributed by atoms with E-state index in [0.29, 0.717) is 42.9 Å². The van der Waals surface area contributed by atoms with Crippen molar-refractivity contribution in [2.24, 2.45) is 0 Å². The lowest BCUT2D eigenvalue weighted by Gasteiger charge is -2.46. The van der Waals surface area contributed by atoms with E-state index in [1.54, 1.807) is 36.9 Å². The molecule has 7 heteroatoms. The van der Waals surface area contributed by atoms with Crippen molar-refractivity contribution in [3.63, 3.8) is 0 Å². The van der Waals surface area contributed by atoms with Crippen LogP contribution in [0.15, 0.2) is 18.2 Å². The molecule has 0 aliphatic carbocycles. The van der Waals surface area contributed by atoms with Crippen molar-refractivity contribution >= 4 is 5.91 Å². The van der Waals surface area contributed by atoms with Gasteiger partial charge in [0.2, 0.25) is 5.91 Å². The largest absolute Gasteiger partial charge is 0.485 e. The summed E-state index contributed by atoms with van der Waals surface area (Å²) in [6, 6.07) is 6.45. The van der Waals surface area contributed by atoms with Crippen molar-refractivity contribution in [1.82, 2.24) is 4.90 Å². The highest BCUT2D eigenvalue weighted by atomic mass is 16.7. The van der Waals surface area contributed by atoms with Crippen LogP contribution in [0.4, 0.5) is 0 Å². The van der Waals surface area contributed by atoms with Gasteiger partial charge in [-0.15, -0.1) is 0 Å². The first-order valence-electron chi connectivity index (χ1n) is 9.74. The Morgan fingerprint density at radius 2 is 2.18 bits per heavy atom. The van der Waals surface area contributed by atoms with Gasteiger partial charge in [0.05, 0.1) is 30.3 Å². The Labute approximate surface area is 165 Å². The van der Waals surface area contributed by atoms with Gasteiger partial charge in [-0.25, -0.2) is 0 Å². The lowest BCUT2D eigenvalue weighted by Crippen LogP contribution is -2.55. The number of carbonyl (C=O) groups is 1. The molecule has 0 spiro atoms. The van der Waals surface area contributed by atoms with Crippen LogP contribution < -0.4 is 4.74 Å². The second kappa shape index (κ2) is 8.08. The maximum absolute atomic E-state index is 12.8. The summed E-state index contributed by atoms with van der Waals surface area (Å²) in [6.07, 6.45) is -0.261. The highest BCUT2D eigenvalue weighted by Crippen LogP contribution is 2.45. The molecule has 1 aromatic rings. The van der Waals surface area contributed by atoms with Crippen LogP contribution in [0.1, 0.15) is 57.7 Å². The first-order chi connectivity index (χ1) is 13.3. The van der Waals surface area contributed by atoms with Crippen LogP contribution in [0.5, 0.6) is 5.75 Å². The molecule has 1 fully saturated rings. The van der Waals surface area contributed by atoms with E-state index in [9.17, 15) is 15.2 Å². The molecule has 1 amide bonds. The number of rotatable bonds is 6. The molecule has 2 aliphatic rings. The highest BCUT2D eigenvalue weighted by molar-refractivity contribution is 5.79. The number of fused-ring (bicyclic) bond motifs is 1. The Balaban J connectivity index is 1.94. The van der Waals surface area contributed by atoms with Crippen LogP contribution in [0.2, 0.25) is 0 Å². The van der Waals surface area contributed by atoms with Crippen molar-refractivity contribution < 1.29 is 24.1 Å². The van der Waals surface area contributed by atoms with Gasteiger partial charge in [-0.1, -0.05) is 0 Å². The van der Waals surface area contributed by atoms with Crippen molar-refractivity contribution in [3.8, 4) is 11.8 Å². The molecule has 7 nitrogen and oxygen atoms in total. The second-order valence-corrected chi connectivity index (χ2v) is 7.81. The van der Waals surface area contributed by atoms with Crippen molar-refractivity contribution in [3.05, 3.63) is 29.3 Å². The van der Waals surface area contributed by atoms with E-state index in [2.05, 4.69) is 6.07 Å². The van der Waals surface area contributed by atoms with Gasteiger partial charge in [-0.2, -0.15) is 5.26 Å². The molecule has 0 radical (unpaired) electrons. The van der Waals surface area contributed by atoms with Crippen LogP contribution in [-0.2, 0) is 14.3 Å². The Bertz CT molecular complexity index is 773. The van der Waals surface area contributed by atoms with Crippen molar-refractivity contribution in [1.29, 1.82) is 5.26 Å². The standard InChI is InChI=1S/C21H28N2O5/c1-5-26-13(2)27-12-15-7-9-18(24)23(15)19-16-10-14(11-22)6-8-17(16)28-21(3,4)20(19)25/h6,8,10,13,15,19-20,25H,5,7,9,12H2,1-4H3/t13?,15-,19+,20-/m0/s1. The number of ether oxygens (including phenoxy) is 3. The predicted octanol–water partition coefficient (Wildman–Crippen LogP) is 2.52. The molecular weight excluding hydrogens is 360 g/mol. The summed E-state index contributed by atoms with van der Waals surface area (Å²) in [7, 11) is 0. The third kappa shape index (κ3) is 3.86. The molecule has 1 aromatic carbocycles. The Hall–Kier alpha value is -2.14. The number of benzene rings is 1. The highest BCUT2D eigenvalue weighted by Gasteiger charge is 2.50. The fourth-order valence-corrected chi connectivity index (χ4v) is 3.98. The van der Waals surface area contributed by atoms with E-state index in [4.69, 9.17) is 14.2 Å². The minimum Gasteiger partial charge on any atom is -0.485 e. The van der Waals surface area contributed by atoms with E-state index in [1.165, 1.54) is 0 Å². The molecule has 1 N–H and O–H groups in total. The molecule has 0 saturated carbocycles. The Kier molecular flexibility index (Phi) is 5.94. The zero-order chi connectivity index (χ0) is 20.5. The lowest BCUT2D eigenvalue weighted by molar-refractivity contribution is -0.157. The molecule has 2 heterocycles. The van der Waals surface area contributed by atoms with Gasteiger partial charge in [0.1, 0.15) is 17.5 Å². The second-order valence-electron chi connectivity index (χ2n) is 7.81. The Morgan fingerprint density at radius 1 is 1.43 bits per heavy atom. The quantitative estimate of drug-likeness (QED) is 0.753. The van der Waals surface area contributed by atoms with Gasteiger partial charge in [-0.3, -0.25) is 4.79 Å². The van der Waals surface area contributed by atoms with Gasteiger partial charge in [0.25, 0.3) is 0 Å². The maximum Gasteiger partial charge on any atom is 0.223 e. The van der Waals surface area contributed by atoms with Crippen molar-refractivity contribution in [2.45, 2.75) is 70.6 Å². The number of amides is 1. The molecule has 4 atom stereocenters. The number of aliphatic hydroxyl groups excluding tert-OH is 1. The minimum atomic E-state index is -0.942. The minimum absolute atomic E-state index is 0.0345. The van der Waals surface area contributed by atoms with Gasteiger partial charge >= 0.3 is 0 Å². The molecule has 28 heavy (non-hydrogen) atoms. The summed E-state index contributed by atoms with van der Waals surface area (Å²) in [6.45, 7) is 8.20. The number of aliphatic hydroxyl groups is 1. The first-order valence-corrected chi connectivity index (χ1v) is 9.74. The summed E-state index contributed by atoms with van der Waals surface area (Å²) < 4.78 is 17.2. The van der Waals surface area contributed by atoms with Crippen LogP contribution in [0.25, 0.3) is 0 Å². The van der Waals surface area contributed by atoms with Crippen molar-refractivity contribution in [2.75, 3.05) is 13.2 Å². The summed E-state index contributed by atoms with van der Waals surface area (Å²) in [5.41, 5.74) is 0.242. The molecule has 0 bridgehead atoms. The number of nitrogens with zero attached hydrogens (tertiary/aromatic N) is 2. The van der Waals surface area contributed by atoms with Gasteiger partial charge in [-0.05, 0) is 52.3 Å². The molecule has 3 rings (SSSR count). The number of carbonyl (C=O) groups excluding carboxylic acids is 1. The topological polar surface area (TPSA) is 92.0 Å². The number of nitriles is 1. The molecule has 152 valence electrons. The van der Waals surface area contributed by atoms with E-state index >= 15 is 0 Å². The summed E-state index contributed by atoms with van der Waals surface area (Å²) in [5, 5.41) is 20.4. The van der Waals surface area contributed by atoms with E-state index in [1.807, 2.05) is 13.8 Å². The van der Waals surface area contributed by atoms with Crippen LogP contribution >= 0.6 is 0 Å². The normalized spacial score (nSPS) is 27.1. The molecule has 2 aliphatic heterocycles. The molecule has 1 saturated heterocycles. The number of likely N-dealkylation sites (tertiary alicyclic amines) is 1.